The van der Waals surface area contributed by atoms with Crippen LogP contribution in [0.4, 0.5) is 4.79 Å². The molecule has 0 spiro atoms. The van der Waals surface area contributed by atoms with Crippen molar-refractivity contribution in [2.75, 3.05) is 26.7 Å². The zero-order chi connectivity index (χ0) is 10.4. The zero-order valence-electron chi connectivity index (χ0n) is 9.18. The number of urea groups is 1. The number of nitrogens with one attached hydrogen (secondary N) is 2. The molecule has 1 unspecified atom stereocenters. The van der Waals surface area contributed by atoms with Crippen LogP contribution >= 0.6 is 0 Å². The summed E-state index contributed by atoms with van der Waals surface area (Å²) < 4.78 is 0. The average Bonchev–Trinajstić information content (AvgIpc) is 2.26. The maximum atomic E-state index is 11.6. The lowest BCUT2D eigenvalue weighted by atomic mass is 10.1. The lowest BCUT2D eigenvalue weighted by Gasteiger charge is -2.31. The van der Waals surface area contributed by atoms with Crippen molar-refractivity contribution in [2.45, 2.75) is 32.2 Å². The van der Waals surface area contributed by atoms with Gasteiger partial charge in [0.15, 0.2) is 0 Å². The Hall–Kier alpha value is -0.770. The highest BCUT2D eigenvalue weighted by atomic mass is 16.2. The molecule has 4 heteroatoms. The first-order valence-electron chi connectivity index (χ1n) is 5.47. The molecule has 1 saturated heterocycles. The molecule has 0 aromatic carbocycles. The number of likely N-dealkylation sites (N-methyl/N-ethyl adjacent to an activating group) is 1. The van der Waals surface area contributed by atoms with Crippen LogP contribution in [-0.4, -0.2) is 43.7 Å². The lowest BCUT2D eigenvalue weighted by Crippen LogP contribution is -2.50. The van der Waals surface area contributed by atoms with Gasteiger partial charge in [0.25, 0.3) is 0 Å². The van der Waals surface area contributed by atoms with Crippen LogP contribution < -0.4 is 10.6 Å². The number of nitrogens with zero attached hydrogens (tertiary/aromatic N) is 1. The summed E-state index contributed by atoms with van der Waals surface area (Å²) in [6, 6.07) is 0.418. The SMILES string of the molecule is CCCNC(=O)N(C)C1CCCNC1. The molecule has 1 aliphatic rings. The Morgan fingerprint density at radius 1 is 1.64 bits per heavy atom. The fraction of sp³-hybridized carbons (Fsp3) is 0.900. The molecule has 0 radical (unpaired) electrons. The van der Waals surface area contributed by atoms with E-state index in [0.29, 0.717) is 6.04 Å². The van der Waals surface area contributed by atoms with Crippen LogP contribution in [0.3, 0.4) is 0 Å². The van der Waals surface area contributed by atoms with Gasteiger partial charge in [0.05, 0.1) is 0 Å². The van der Waals surface area contributed by atoms with Crippen molar-refractivity contribution in [3.05, 3.63) is 0 Å². The molecule has 2 amide bonds. The van der Waals surface area contributed by atoms with Gasteiger partial charge in [0, 0.05) is 26.2 Å². The van der Waals surface area contributed by atoms with E-state index in [2.05, 4.69) is 17.6 Å². The minimum atomic E-state index is 0.0561. The molecular weight excluding hydrogens is 178 g/mol. The summed E-state index contributed by atoms with van der Waals surface area (Å²) in [5.41, 5.74) is 0. The average molecular weight is 199 g/mol. The zero-order valence-corrected chi connectivity index (χ0v) is 9.18. The van der Waals surface area contributed by atoms with Crippen LogP contribution in [-0.2, 0) is 0 Å². The number of rotatable bonds is 3. The third-order valence-electron chi connectivity index (χ3n) is 2.67. The molecule has 82 valence electrons. The van der Waals surface area contributed by atoms with Gasteiger partial charge in [-0.05, 0) is 25.8 Å². The molecule has 1 rings (SSSR count). The van der Waals surface area contributed by atoms with Crippen molar-refractivity contribution in [1.29, 1.82) is 0 Å². The molecule has 14 heavy (non-hydrogen) atoms. The summed E-state index contributed by atoms with van der Waals surface area (Å²) in [5, 5.41) is 6.19. The van der Waals surface area contributed by atoms with Gasteiger partial charge < -0.3 is 15.5 Å². The predicted molar refractivity (Wildman–Crippen MR) is 57.3 cm³/mol. The van der Waals surface area contributed by atoms with Crippen LogP contribution in [0, 0.1) is 0 Å². The van der Waals surface area contributed by atoms with E-state index in [4.69, 9.17) is 0 Å². The fourth-order valence-corrected chi connectivity index (χ4v) is 1.69. The van der Waals surface area contributed by atoms with E-state index in [0.717, 1.165) is 38.9 Å². The van der Waals surface area contributed by atoms with Gasteiger partial charge in [-0.15, -0.1) is 0 Å². The van der Waals surface area contributed by atoms with Crippen LogP contribution in [0.15, 0.2) is 0 Å². The molecule has 0 aromatic rings. The Morgan fingerprint density at radius 2 is 2.43 bits per heavy atom. The first-order chi connectivity index (χ1) is 6.75. The van der Waals surface area contributed by atoms with E-state index in [1.807, 2.05) is 11.9 Å². The number of hydrogen-bond acceptors (Lipinski definition) is 2. The highest BCUT2D eigenvalue weighted by Gasteiger charge is 2.20. The van der Waals surface area contributed by atoms with Gasteiger partial charge in [-0.3, -0.25) is 0 Å². The van der Waals surface area contributed by atoms with E-state index in [1.165, 1.54) is 0 Å². The number of carbonyl (C=O) groups is 1. The molecule has 0 aromatic heterocycles. The highest BCUT2D eigenvalue weighted by molar-refractivity contribution is 5.74. The van der Waals surface area contributed by atoms with Crippen LogP contribution in [0.1, 0.15) is 26.2 Å². The van der Waals surface area contributed by atoms with Crippen LogP contribution in [0.25, 0.3) is 0 Å². The fourth-order valence-electron chi connectivity index (χ4n) is 1.69. The lowest BCUT2D eigenvalue weighted by molar-refractivity contribution is 0.178. The third-order valence-corrected chi connectivity index (χ3v) is 2.67. The summed E-state index contributed by atoms with van der Waals surface area (Å²) in [6.45, 7) is 4.84. The molecular formula is C10H21N3O. The van der Waals surface area contributed by atoms with Crippen molar-refractivity contribution in [2.24, 2.45) is 0 Å². The minimum Gasteiger partial charge on any atom is -0.338 e. The topological polar surface area (TPSA) is 44.4 Å². The van der Waals surface area contributed by atoms with E-state index in [9.17, 15) is 4.79 Å². The molecule has 4 nitrogen and oxygen atoms in total. The summed E-state index contributed by atoms with van der Waals surface area (Å²) >= 11 is 0. The first-order valence-corrected chi connectivity index (χ1v) is 5.47. The van der Waals surface area contributed by atoms with E-state index in [1.54, 1.807) is 0 Å². The Balaban J connectivity index is 2.30. The number of piperidine rings is 1. The molecule has 1 fully saturated rings. The van der Waals surface area contributed by atoms with Crippen LogP contribution in [0.5, 0.6) is 0 Å². The van der Waals surface area contributed by atoms with Gasteiger partial charge >= 0.3 is 6.03 Å². The van der Waals surface area contributed by atoms with Gasteiger partial charge in [-0.25, -0.2) is 4.79 Å². The van der Waals surface area contributed by atoms with E-state index in [-0.39, 0.29) is 6.03 Å². The molecule has 1 aliphatic heterocycles. The Bertz CT molecular complexity index is 178. The highest BCUT2D eigenvalue weighted by Crippen LogP contribution is 2.08. The van der Waals surface area contributed by atoms with E-state index < -0.39 is 0 Å². The summed E-state index contributed by atoms with van der Waals surface area (Å²) in [6.07, 6.45) is 3.27. The van der Waals surface area contributed by atoms with Crippen molar-refractivity contribution >= 4 is 6.03 Å². The molecule has 2 N–H and O–H groups in total. The van der Waals surface area contributed by atoms with Crippen molar-refractivity contribution < 1.29 is 4.79 Å². The second kappa shape index (κ2) is 5.86. The molecule has 0 saturated carbocycles. The summed E-state index contributed by atoms with van der Waals surface area (Å²) in [7, 11) is 1.88. The summed E-state index contributed by atoms with van der Waals surface area (Å²) in [5.74, 6) is 0. The maximum Gasteiger partial charge on any atom is 0.317 e. The minimum absolute atomic E-state index is 0.0561. The predicted octanol–water partition coefficient (Wildman–Crippen LogP) is 0.790. The van der Waals surface area contributed by atoms with Gasteiger partial charge in [-0.1, -0.05) is 6.92 Å². The second-order valence-corrected chi connectivity index (χ2v) is 3.84. The Morgan fingerprint density at radius 3 is 3.00 bits per heavy atom. The largest absolute Gasteiger partial charge is 0.338 e. The molecule has 0 bridgehead atoms. The maximum absolute atomic E-state index is 11.6. The van der Waals surface area contributed by atoms with Crippen LogP contribution in [0.2, 0.25) is 0 Å². The molecule has 0 aliphatic carbocycles. The Labute approximate surface area is 86.0 Å². The molecule has 1 heterocycles. The quantitative estimate of drug-likeness (QED) is 0.706. The number of carbonyl (C=O) groups excluding carboxylic acids is 1. The van der Waals surface area contributed by atoms with Gasteiger partial charge in [0.2, 0.25) is 0 Å². The van der Waals surface area contributed by atoms with Crippen molar-refractivity contribution in [1.82, 2.24) is 15.5 Å². The van der Waals surface area contributed by atoms with Gasteiger partial charge in [-0.2, -0.15) is 0 Å². The second-order valence-electron chi connectivity index (χ2n) is 3.84. The number of hydrogen-bond donors (Lipinski definition) is 2. The first kappa shape index (κ1) is 11.3. The van der Waals surface area contributed by atoms with Gasteiger partial charge in [0.1, 0.15) is 0 Å². The smallest absolute Gasteiger partial charge is 0.317 e. The summed E-state index contributed by atoms with van der Waals surface area (Å²) in [4.78, 5) is 13.4. The molecule has 1 atom stereocenters. The van der Waals surface area contributed by atoms with Crippen molar-refractivity contribution in [3.8, 4) is 0 Å². The van der Waals surface area contributed by atoms with E-state index >= 15 is 0 Å². The monoisotopic (exact) mass is 199 g/mol. The Kier molecular flexibility index (Phi) is 4.73. The van der Waals surface area contributed by atoms with Crippen molar-refractivity contribution in [3.63, 3.8) is 0 Å². The standard InChI is InChI=1S/C10H21N3O/c1-3-6-12-10(14)13(2)9-5-4-7-11-8-9/h9,11H,3-8H2,1-2H3,(H,12,14). The normalized spacial score (nSPS) is 21.7. The third kappa shape index (κ3) is 3.18. The number of amides is 2.